The maximum atomic E-state index is 12.4. The fourth-order valence-electron chi connectivity index (χ4n) is 3.39. The van der Waals surface area contributed by atoms with E-state index in [-0.39, 0.29) is 11.9 Å². The van der Waals surface area contributed by atoms with Crippen molar-refractivity contribution in [2.75, 3.05) is 23.3 Å². The number of aromatic nitrogens is 5. The third-order valence-electron chi connectivity index (χ3n) is 5.03. The highest BCUT2D eigenvalue weighted by atomic mass is 16.1. The molecule has 1 saturated heterocycles. The number of hydrogen-bond donors (Lipinski definition) is 1. The van der Waals surface area contributed by atoms with E-state index in [9.17, 15) is 4.79 Å². The number of rotatable bonds is 5. The van der Waals surface area contributed by atoms with Gasteiger partial charge in [0.2, 0.25) is 5.95 Å². The zero-order valence-electron chi connectivity index (χ0n) is 15.8. The Morgan fingerprint density at radius 2 is 1.93 bits per heavy atom. The van der Waals surface area contributed by atoms with E-state index in [1.807, 2.05) is 23.1 Å². The van der Waals surface area contributed by atoms with E-state index in [4.69, 9.17) is 0 Å². The van der Waals surface area contributed by atoms with Crippen molar-refractivity contribution in [2.24, 2.45) is 0 Å². The van der Waals surface area contributed by atoms with Crippen LogP contribution in [-0.2, 0) is 6.42 Å². The number of pyridine rings is 1. The van der Waals surface area contributed by atoms with Crippen molar-refractivity contribution in [3.05, 3.63) is 60.3 Å². The normalized spacial score (nSPS) is 14.8. The minimum Gasteiger partial charge on any atom is -0.341 e. The topological polar surface area (TPSA) is 88.8 Å². The number of piperidine rings is 1. The molecule has 0 aliphatic carbocycles. The van der Waals surface area contributed by atoms with Gasteiger partial charge in [0.05, 0.1) is 17.8 Å². The Balaban J connectivity index is 1.40. The number of amides is 1. The molecule has 0 spiro atoms. The van der Waals surface area contributed by atoms with E-state index in [2.05, 4.69) is 37.2 Å². The zero-order valence-corrected chi connectivity index (χ0v) is 15.8. The Bertz CT molecular complexity index is 915. The lowest BCUT2D eigenvalue weighted by molar-refractivity contribution is 0.102. The Morgan fingerprint density at radius 3 is 2.61 bits per heavy atom. The maximum Gasteiger partial charge on any atom is 0.258 e. The van der Waals surface area contributed by atoms with Gasteiger partial charge >= 0.3 is 0 Å². The highest BCUT2D eigenvalue weighted by molar-refractivity contribution is 6.03. The molecule has 0 saturated carbocycles. The van der Waals surface area contributed by atoms with Crippen LogP contribution in [0.25, 0.3) is 0 Å². The van der Waals surface area contributed by atoms with Crippen molar-refractivity contribution < 1.29 is 4.79 Å². The second kappa shape index (κ2) is 8.16. The van der Waals surface area contributed by atoms with Gasteiger partial charge in [-0.05, 0) is 37.0 Å². The van der Waals surface area contributed by atoms with E-state index in [0.717, 1.165) is 43.9 Å². The lowest BCUT2D eigenvalue weighted by Crippen LogP contribution is -2.36. The number of hydrogen-bond acceptors (Lipinski definition) is 6. The zero-order chi connectivity index (χ0) is 19.3. The SMILES string of the molecule is CCc1cnc(N2CCC(n3nccc3NC(=O)c3cccnc3)CC2)nc1. The molecule has 1 N–H and O–H groups in total. The molecule has 0 atom stereocenters. The van der Waals surface area contributed by atoms with Gasteiger partial charge in [0.15, 0.2) is 0 Å². The molecule has 0 unspecified atom stereocenters. The van der Waals surface area contributed by atoms with Crippen molar-refractivity contribution in [2.45, 2.75) is 32.2 Å². The van der Waals surface area contributed by atoms with Crippen molar-refractivity contribution in [3.63, 3.8) is 0 Å². The molecular weight excluding hydrogens is 354 g/mol. The average Bonchev–Trinajstić information content (AvgIpc) is 3.22. The first-order valence-corrected chi connectivity index (χ1v) is 9.55. The summed E-state index contributed by atoms with van der Waals surface area (Å²) in [5.74, 6) is 1.30. The number of nitrogens with zero attached hydrogens (tertiary/aromatic N) is 6. The lowest BCUT2D eigenvalue weighted by atomic mass is 10.1. The van der Waals surface area contributed by atoms with Crippen LogP contribution in [0.15, 0.2) is 49.2 Å². The molecule has 4 heterocycles. The fourth-order valence-corrected chi connectivity index (χ4v) is 3.39. The van der Waals surface area contributed by atoms with Crippen molar-refractivity contribution in [1.82, 2.24) is 24.7 Å². The molecule has 0 bridgehead atoms. The molecule has 0 radical (unpaired) electrons. The number of aryl methyl sites for hydroxylation is 1. The standard InChI is InChI=1S/C20H23N7O/c1-2-15-12-22-20(23-13-15)26-10-6-17(7-11-26)27-18(5-9-24-27)25-19(28)16-4-3-8-21-14-16/h3-5,8-9,12-14,17H,2,6-7,10-11H2,1H3,(H,25,28). The smallest absolute Gasteiger partial charge is 0.258 e. The van der Waals surface area contributed by atoms with E-state index in [1.165, 1.54) is 0 Å². The Kier molecular flexibility index (Phi) is 5.27. The molecule has 8 nitrogen and oxygen atoms in total. The highest BCUT2D eigenvalue weighted by Crippen LogP contribution is 2.27. The van der Waals surface area contributed by atoms with Gasteiger partial charge in [-0.1, -0.05) is 6.92 Å². The third-order valence-corrected chi connectivity index (χ3v) is 5.03. The molecule has 3 aromatic rings. The molecule has 8 heteroatoms. The van der Waals surface area contributed by atoms with Crippen LogP contribution in [0, 0.1) is 0 Å². The van der Waals surface area contributed by atoms with Gasteiger partial charge in [-0.25, -0.2) is 14.6 Å². The summed E-state index contributed by atoms with van der Waals surface area (Å²) < 4.78 is 1.91. The molecule has 4 rings (SSSR count). The van der Waals surface area contributed by atoms with E-state index >= 15 is 0 Å². The highest BCUT2D eigenvalue weighted by Gasteiger charge is 2.24. The van der Waals surface area contributed by atoms with Crippen LogP contribution in [0.4, 0.5) is 11.8 Å². The maximum absolute atomic E-state index is 12.4. The van der Waals surface area contributed by atoms with Gasteiger partial charge in [0, 0.05) is 43.9 Å². The molecule has 1 amide bonds. The van der Waals surface area contributed by atoms with Crippen LogP contribution in [0.5, 0.6) is 0 Å². The molecule has 1 aliphatic heterocycles. The summed E-state index contributed by atoms with van der Waals surface area (Å²) in [6, 6.07) is 5.54. The Morgan fingerprint density at radius 1 is 1.14 bits per heavy atom. The van der Waals surface area contributed by atoms with Gasteiger partial charge in [-0.3, -0.25) is 9.78 Å². The summed E-state index contributed by atoms with van der Waals surface area (Å²) in [6.07, 6.45) is 11.5. The second-order valence-corrected chi connectivity index (χ2v) is 6.82. The predicted molar refractivity (Wildman–Crippen MR) is 106 cm³/mol. The second-order valence-electron chi connectivity index (χ2n) is 6.82. The molecule has 1 fully saturated rings. The predicted octanol–water partition coefficient (Wildman–Crippen LogP) is 2.72. The van der Waals surface area contributed by atoms with Crippen LogP contribution in [0.3, 0.4) is 0 Å². The Hall–Kier alpha value is -3.29. The first-order chi connectivity index (χ1) is 13.7. The number of carbonyl (C=O) groups excluding carboxylic acids is 1. The number of anilines is 2. The van der Waals surface area contributed by atoms with E-state index < -0.39 is 0 Å². The molecular formula is C20H23N7O. The molecule has 28 heavy (non-hydrogen) atoms. The van der Waals surface area contributed by atoms with E-state index in [1.54, 1.807) is 30.7 Å². The van der Waals surface area contributed by atoms with Crippen molar-refractivity contribution in [3.8, 4) is 0 Å². The van der Waals surface area contributed by atoms with Crippen molar-refractivity contribution >= 4 is 17.7 Å². The monoisotopic (exact) mass is 377 g/mol. The summed E-state index contributed by atoms with van der Waals surface area (Å²) in [7, 11) is 0. The van der Waals surface area contributed by atoms with Crippen LogP contribution in [0.1, 0.15) is 41.7 Å². The lowest BCUT2D eigenvalue weighted by Gasteiger charge is -2.32. The summed E-state index contributed by atoms with van der Waals surface area (Å²) in [5, 5.41) is 7.39. The summed E-state index contributed by atoms with van der Waals surface area (Å²) in [4.78, 5) is 27.6. The first-order valence-electron chi connectivity index (χ1n) is 9.55. The quantitative estimate of drug-likeness (QED) is 0.735. The summed E-state index contributed by atoms with van der Waals surface area (Å²) in [6.45, 7) is 3.80. The van der Waals surface area contributed by atoms with Gasteiger partial charge in [0.25, 0.3) is 5.91 Å². The minimum absolute atomic E-state index is 0.184. The minimum atomic E-state index is -0.184. The van der Waals surface area contributed by atoms with Gasteiger partial charge in [-0.15, -0.1) is 0 Å². The van der Waals surface area contributed by atoms with Gasteiger partial charge < -0.3 is 10.2 Å². The molecule has 3 aromatic heterocycles. The van der Waals surface area contributed by atoms with Crippen LogP contribution < -0.4 is 10.2 Å². The number of nitrogens with one attached hydrogen (secondary N) is 1. The average molecular weight is 377 g/mol. The Labute approximate surface area is 163 Å². The first kappa shape index (κ1) is 18.1. The van der Waals surface area contributed by atoms with Gasteiger partial charge in [0.1, 0.15) is 5.82 Å². The molecule has 0 aromatic carbocycles. The number of carbonyl (C=O) groups is 1. The van der Waals surface area contributed by atoms with Crippen LogP contribution in [0.2, 0.25) is 0 Å². The van der Waals surface area contributed by atoms with Crippen LogP contribution in [-0.4, -0.2) is 43.7 Å². The third kappa shape index (κ3) is 3.85. The van der Waals surface area contributed by atoms with Crippen molar-refractivity contribution in [1.29, 1.82) is 0 Å². The fraction of sp³-hybridized carbons (Fsp3) is 0.350. The van der Waals surface area contributed by atoms with Gasteiger partial charge in [-0.2, -0.15) is 5.10 Å². The largest absolute Gasteiger partial charge is 0.341 e. The van der Waals surface area contributed by atoms with Crippen LogP contribution >= 0.6 is 0 Å². The molecule has 144 valence electrons. The molecule has 1 aliphatic rings. The summed E-state index contributed by atoms with van der Waals surface area (Å²) >= 11 is 0. The van der Waals surface area contributed by atoms with E-state index in [0.29, 0.717) is 11.4 Å². The summed E-state index contributed by atoms with van der Waals surface area (Å²) in [5.41, 5.74) is 1.67.